The monoisotopic (exact) mass is 441 g/mol. The predicted molar refractivity (Wildman–Crippen MR) is 122 cm³/mol. The number of rotatable bonds is 7. The van der Waals surface area contributed by atoms with Gasteiger partial charge >= 0.3 is 0 Å². The summed E-state index contributed by atoms with van der Waals surface area (Å²) in [6.45, 7) is 3.98. The number of nitrogens with zero attached hydrogens (tertiary/aromatic N) is 4. The maximum atomic E-state index is 13.0. The molecule has 0 radical (unpaired) electrons. The van der Waals surface area contributed by atoms with E-state index in [-0.39, 0.29) is 11.8 Å². The zero-order valence-corrected chi connectivity index (χ0v) is 18.9. The second kappa shape index (κ2) is 10.5. The summed E-state index contributed by atoms with van der Waals surface area (Å²) in [6, 6.07) is 5.39. The van der Waals surface area contributed by atoms with E-state index in [2.05, 4.69) is 15.3 Å². The molecule has 0 unspecified atom stereocenters. The topological polar surface area (TPSA) is 78.4 Å². The number of hydrogen-bond acceptors (Lipinski definition) is 5. The molecule has 1 N–H and O–H groups in total. The lowest BCUT2D eigenvalue weighted by Gasteiger charge is -2.17. The normalized spacial score (nSPS) is 16.3. The Hall–Kier alpha value is -2.77. The average Bonchev–Trinajstić information content (AvgIpc) is 3.19. The van der Waals surface area contributed by atoms with Crippen molar-refractivity contribution in [3.8, 4) is 0 Å². The van der Waals surface area contributed by atoms with Crippen LogP contribution in [0.2, 0.25) is 5.02 Å². The van der Waals surface area contributed by atoms with Crippen molar-refractivity contribution >= 4 is 29.1 Å². The first kappa shape index (κ1) is 22.9. The number of nitrogens with one attached hydrogen (secondary N) is 1. The van der Waals surface area contributed by atoms with E-state index in [0.29, 0.717) is 41.8 Å². The van der Waals surface area contributed by atoms with Crippen molar-refractivity contribution in [2.45, 2.75) is 19.8 Å². The molecule has 8 heteroatoms. The number of halogens is 1. The second-order valence-electron chi connectivity index (χ2n) is 8.11. The summed E-state index contributed by atoms with van der Waals surface area (Å²) in [5.41, 5.74) is 2.18. The Balaban J connectivity index is 1.57. The molecule has 1 fully saturated rings. The summed E-state index contributed by atoms with van der Waals surface area (Å²) < 4.78 is 0. The molecule has 3 rings (SSSR count). The van der Waals surface area contributed by atoms with Crippen LogP contribution in [0.4, 0.5) is 5.69 Å². The van der Waals surface area contributed by atoms with Crippen LogP contribution in [0.5, 0.6) is 0 Å². The third kappa shape index (κ3) is 6.60. The van der Waals surface area contributed by atoms with Crippen LogP contribution in [0.25, 0.3) is 0 Å². The van der Waals surface area contributed by atoms with Gasteiger partial charge in [-0.1, -0.05) is 17.7 Å². The van der Waals surface area contributed by atoms with Gasteiger partial charge in [0.25, 0.3) is 5.91 Å². The van der Waals surface area contributed by atoms with Crippen molar-refractivity contribution in [2.75, 3.05) is 39.0 Å². The first-order valence-corrected chi connectivity index (χ1v) is 10.7. The van der Waals surface area contributed by atoms with E-state index in [1.54, 1.807) is 30.6 Å². The van der Waals surface area contributed by atoms with E-state index in [1.807, 2.05) is 36.9 Å². The largest absolute Gasteiger partial charge is 0.338 e. The third-order valence-electron chi connectivity index (χ3n) is 5.19. The Morgan fingerprint density at radius 2 is 2.03 bits per heavy atom. The van der Waals surface area contributed by atoms with E-state index in [4.69, 9.17) is 11.6 Å². The molecule has 0 bridgehead atoms. The van der Waals surface area contributed by atoms with Crippen LogP contribution in [0.15, 0.2) is 42.7 Å². The van der Waals surface area contributed by atoms with Crippen molar-refractivity contribution in [3.63, 3.8) is 0 Å². The van der Waals surface area contributed by atoms with Gasteiger partial charge in [0.1, 0.15) is 5.82 Å². The lowest BCUT2D eigenvalue weighted by atomic mass is 10.0. The number of carbonyl (C=O) groups is 2. The number of aryl methyl sites for hydroxylation is 1. The second-order valence-corrected chi connectivity index (χ2v) is 8.55. The van der Waals surface area contributed by atoms with Gasteiger partial charge in [0.05, 0.1) is 5.02 Å². The van der Waals surface area contributed by atoms with Crippen LogP contribution < -0.4 is 5.32 Å². The van der Waals surface area contributed by atoms with Gasteiger partial charge in [-0.25, -0.2) is 9.97 Å². The molecule has 1 aliphatic heterocycles. The van der Waals surface area contributed by atoms with Crippen molar-refractivity contribution in [1.82, 2.24) is 19.8 Å². The van der Waals surface area contributed by atoms with E-state index in [1.165, 1.54) is 6.08 Å². The molecule has 1 aromatic heterocycles. The predicted octanol–water partition coefficient (Wildman–Crippen LogP) is 3.20. The third-order valence-corrected chi connectivity index (χ3v) is 5.38. The minimum Gasteiger partial charge on any atom is -0.338 e. The molecule has 2 aromatic rings. The minimum absolute atomic E-state index is 0.00591. The smallest absolute Gasteiger partial charge is 0.253 e. The summed E-state index contributed by atoms with van der Waals surface area (Å²) in [5.74, 6) is 0.903. The molecule has 7 nitrogen and oxygen atoms in total. The van der Waals surface area contributed by atoms with Crippen LogP contribution in [0, 0.1) is 12.8 Å². The molecule has 2 amide bonds. The average molecular weight is 442 g/mol. The number of aromatic nitrogens is 2. The molecular formula is C23H28ClN5O2. The first-order valence-electron chi connectivity index (χ1n) is 10.3. The number of likely N-dealkylation sites (N-methyl/N-ethyl adjacent to an activating group) is 1. The van der Waals surface area contributed by atoms with E-state index in [0.717, 1.165) is 24.2 Å². The van der Waals surface area contributed by atoms with Gasteiger partial charge in [-0.3, -0.25) is 9.59 Å². The van der Waals surface area contributed by atoms with E-state index < -0.39 is 0 Å². The Morgan fingerprint density at radius 3 is 2.71 bits per heavy atom. The van der Waals surface area contributed by atoms with Gasteiger partial charge in [0, 0.05) is 55.8 Å². The molecule has 0 spiro atoms. The van der Waals surface area contributed by atoms with Crippen molar-refractivity contribution in [1.29, 1.82) is 0 Å². The summed E-state index contributed by atoms with van der Waals surface area (Å²) in [6.07, 6.45) is 8.18. The lowest BCUT2D eigenvalue weighted by molar-refractivity contribution is -0.111. The lowest BCUT2D eigenvalue weighted by Crippen LogP contribution is -2.29. The van der Waals surface area contributed by atoms with Crippen molar-refractivity contribution in [2.24, 2.45) is 5.92 Å². The molecule has 1 saturated heterocycles. The van der Waals surface area contributed by atoms with Gasteiger partial charge in [0.15, 0.2) is 0 Å². The number of anilines is 1. The maximum Gasteiger partial charge on any atom is 0.253 e. The zero-order chi connectivity index (χ0) is 22.4. The molecule has 0 aliphatic carbocycles. The minimum atomic E-state index is -0.184. The maximum absolute atomic E-state index is 13.0. The zero-order valence-electron chi connectivity index (χ0n) is 18.1. The molecule has 164 valence electrons. The number of hydrogen-bond donors (Lipinski definition) is 1. The van der Waals surface area contributed by atoms with E-state index in [9.17, 15) is 9.59 Å². The van der Waals surface area contributed by atoms with Crippen LogP contribution in [-0.4, -0.2) is 65.3 Å². The highest BCUT2D eigenvalue weighted by molar-refractivity contribution is 6.30. The van der Waals surface area contributed by atoms with Gasteiger partial charge < -0.3 is 15.1 Å². The van der Waals surface area contributed by atoms with Gasteiger partial charge in [-0.15, -0.1) is 0 Å². The van der Waals surface area contributed by atoms with Crippen LogP contribution in [-0.2, 0) is 11.2 Å². The van der Waals surface area contributed by atoms with E-state index >= 15 is 0 Å². The highest BCUT2D eigenvalue weighted by Crippen LogP contribution is 2.23. The molecular weight excluding hydrogens is 414 g/mol. The molecule has 1 aromatic carbocycles. The van der Waals surface area contributed by atoms with Crippen LogP contribution >= 0.6 is 11.6 Å². The van der Waals surface area contributed by atoms with Crippen molar-refractivity contribution < 1.29 is 9.59 Å². The van der Waals surface area contributed by atoms with Crippen LogP contribution in [0.3, 0.4) is 0 Å². The first-order chi connectivity index (χ1) is 14.8. The Labute approximate surface area is 188 Å². The molecule has 0 saturated carbocycles. The molecule has 1 aliphatic rings. The summed E-state index contributed by atoms with van der Waals surface area (Å²) in [7, 11) is 3.88. The SMILES string of the molecule is Cc1cc(C(=O)N2CC[C@@H](Cc3ncc(Cl)cn3)C2)ccc1NC(=O)/C=C/CN(C)C. The number of likely N-dealkylation sites (tertiary alicyclic amines) is 1. The van der Waals surface area contributed by atoms with Crippen molar-refractivity contribution in [3.05, 3.63) is 64.7 Å². The number of benzene rings is 1. The summed E-state index contributed by atoms with van der Waals surface area (Å²) >= 11 is 5.84. The summed E-state index contributed by atoms with van der Waals surface area (Å²) in [5, 5.41) is 3.39. The van der Waals surface area contributed by atoms with Crippen LogP contribution in [0.1, 0.15) is 28.2 Å². The Kier molecular flexibility index (Phi) is 7.76. The fraction of sp³-hybridized carbons (Fsp3) is 0.391. The summed E-state index contributed by atoms with van der Waals surface area (Å²) in [4.78, 5) is 37.4. The number of amides is 2. The van der Waals surface area contributed by atoms with Gasteiger partial charge in [-0.05, 0) is 57.1 Å². The Morgan fingerprint density at radius 1 is 1.29 bits per heavy atom. The van der Waals surface area contributed by atoms with Gasteiger partial charge in [-0.2, -0.15) is 0 Å². The standard InChI is InChI=1S/C23H28ClN5O2/c1-16-11-18(6-7-20(16)27-22(30)5-4-9-28(2)3)23(31)29-10-8-17(15-29)12-21-25-13-19(24)14-26-21/h4-7,11,13-14,17H,8-10,12,15H2,1-3H3,(H,27,30)/b5-4+/t17-/m0/s1. The highest BCUT2D eigenvalue weighted by Gasteiger charge is 2.27. The molecule has 31 heavy (non-hydrogen) atoms. The quantitative estimate of drug-likeness (QED) is 0.667. The molecule has 1 atom stereocenters. The molecule has 2 heterocycles. The number of carbonyl (C=O) groups excluding carboxylic acids is 2. The highest BCUT2D eigenvalue weighted by atomic mass is 35.5. The fourth-order valence-electron chi connectivity index (χ4n) is 3.55. The van der Waals surface area contributed by atoms with Gasteiger partial charge in [0.2, 0.25) is 5.91 Å². The fourth-order valence-corrected chi connectivity index (χ4v) is 3.65. The Bertz CT molecular complexity index is 959.